The molecule has 0 fully saturated rings. The van der Waals surface area contributed by atoms with Crippen molar-refractivity contribution in [3.8, 4) is 5.75 Å². The number of furan rings is 1. The number of nitro groups is 1. The number of benzene rings is 3. The van der Waals surface area contributed by atoms with Crippen molar-refractivity contribution >= 4 is 67.9 Å². The molecular formula is C23H14BrCl2N3O5. The lowest BCUT2D eigenvalue weighted by atomic mass is 10.2. The van der Waals surface area contributed by atoms with Crippen molar-refractivity contribution in [2.24, 2.45) is 5.10 Å². The fourth-order valence-electron chi connectivity index (χ4n) is 3.02. The number of carbonyl (C=O) groups is 1. The van der Waals surface area contributed by atoms with E-state index in [1.165, 1.54) is 30.5 Å². The third-order valence-electron chi connectivity index (χ3n) is 4.67. The van der Waals surface area contributed by atoms with E-state index in [9.17, 15) is 14.9 Å². The smallest absolute Gasteiger partial charge is 0.307 e. The molecule has 0 saturated heterocycles. The first-order chi connectivity index (χ1) is 16.3. The summed E-state index contributed by atoms with van der Waals surface area (Å²) in [6.45, 7) is 0.204. The van der Waals surface area contributed by atoms with Crippen molar-refractivity contribution in [1.82, 2.24) is 5.43 Å². The molecular weight excluding hydrogens is 549 g/mol. The van der Waals surface area contributed by atoms with E-state index in [1.54, 1.807) is 30.3 Å². The van der Waals surface area contributed by atoms with Gasteiger partial charge in [-0.1, -0.05) is 45.2 Å². The Morgan fingerprint density at radius 1 is 1.15 bits per heavy atom. The summed E-state index contributed by atoms with van der Waals surface area (Å²) in [6, 6.07) is 16.0. The van der Waals surface area contributed by atoms with Gasteiger partial charge in [-0.2, -0.15) is 5.10 Å². The van der Waals surface area contributed by atoms with Crippen LogP contribution < -0.4 is 10.2 Å². The van der Waals surface area contributed by atoms with Gasteiger partial charge < -0.3 is 9.15 Å². The molecule has 0 bridgehead atoms. The Kier molecular flexibility index (Phi) is 7.16. The summed E-state index contributed by atoms with van der Waals surface area (Å²) in [4.78, 5) is 22.8. The Balaban J connectivity index is 1.47. The molecule has 0 aliphatic carbocycles. The van der Waals surface area contributed by atoms with Crippen molar-refractivity contribution < 1.29 is 18.9 Å². The van der Waals surface area contributed by atoms with Crippen molar-refractivity contribution in [1.29, 1.82) is 0 Å². The van der Waals surface area contributed by atoms with Crippen LogP contribution in [0.2, 0.25) is 10.0 Å². The second-order valence-electron chi connectivity index (χ2n) is 7.00. The Hall–Kier alpha value is -3.40. The molecule has 34 heavy (non-hydrogen) atoms. The number of amides is 1. The fraction of sp³-hybridized carbons (Fsp3) is 0.0435. The second-order valence-corrected chi connectivity index (χ2v) is 8.75. The number of hydrazone groups is 1. The molecule has 8 nitrogen and oxygen atoms in total. The Morgan fingerprint density at radius 2 is 1.97 bits per heavy atom. The van der Waals surface area contributed by atoms with Gasteiger partial charge in [0.1, 0.15) is 17.9 Å². The zero-order chi connectivity index (χ0) is 24.2. The predicted molar refractivity (Wildman–Crippen MR) is 133 cm³/mol. The molecule has 1 heterocycles. The predicted octanol–water partition coefficient (Wildman–Crippen LogP) is 6.75. The number of rotatable bonds is 7. The molecule has 0 atom stereocenters. The van der Waals surface area contributed by atoms with Crippen molar-refractivity contribution in [3.05, 3.63) is 102 Å². The molecule has 1 amide bonds. The quantitative estimate of drug-likeness (QED) is 0.152. The molecule has 0 aliphatic heterocycles. The van der Waals surface area contributed by atoms with Gasteiger partial charge in [-0.05, 0) is 42.5 Å². The number of ether oxygens (including phenoxy) is 1. The number of fused-ring (bicyclic) bond motifs is 1. The minimum Gasteiger partial charge on any atom is -0.488 e. The van der Waals surface area contributed by atoms with E-state index >= 15 is 0 Å². The van der Waals surface area contributed by atoms with E-state index in [0.717, 1.165) is 10.0 Å². The molecule has 0 unspecified atom stereocenters. The first-order valence-electron chi connectivity index (χ1n) is 9.68. The Bertz CT molecular complexity index is 1440. The summed E-state index contributed by atoms with van der Waals surface area (Å²) in [5, 5.41) is 16.4. The first-order valence-corrected chi connectivity index (χ1v) is 11.2. The van der Waals surface area contributed by atoms with Gasteiger partial charge in [0.2, 0.25) is 0 Å². The lowest BCUT2D eigenvalue weighted by Crippen LogP contribution is -2.16. The summed E-state index contributed by atoms with van der Waals surface area (Å²) < 4.78 is 12.1. The normalized spacial score (nSPS) is 11.1. The molecule has 172 valence electrons. The van der Waals surface area contributed by atoms with Gasteiger partial charge in [0.05, 0.1) is 11.1 Å². The molecule has 1 N–H and O–H groups in total. The van der Waals surface area contributed by atoms with E-state index in [-0.39, 0.29) is 18.1 Å². The van der Waals surface area contributed by atoms with Crippen LogP contribution >= 0.6 is 39.1 Å². The zero-order valence-electron chi connectivity index (χ0n) is 17.1. The minimum absolute atomic E-state index is 0.0317. The van der Waals surface area contributed by atoms with Crippen LogP contribution in [0, 0.1) is 10.1 Å². The molecule has 0 radical (unpaired) electrons. The van der Waals surface area contributed by atoms with E-state index in [2.05, 4.69) is 26.5 Å². The number of nitro benzene ring substituents is 1. The van der Waals surface area contributed by atoms with Crippen LogP contribution in [0.5, 0.6) is 5.75 Å². The molecule has 11 heteroatoms. The number of non-ortho nitro benzene ring substituents is 1. The van der Waals surface area contributed by atoms with Gasteiger partial charge in [0.25, 0.3) is 5.69 Å². The maximum atomic E-state index is 12.4. The summed E-state index contributed by atoms with van der Waals surface area (Å²) in [5.74, 6) is -0.125. The van der Waals surface area contributed by atoms with Crippen LogP contribution in [0.25, 0.3) is 11.0 Å². The Morgan fingerprint density at radius 3 is 2.74 bits per heavy atom. The minimum atomic E-state index is -0.611. The molecule has 0 saturated carbocycles. The maximum absolute atomic E-state index is 12.4. The molecule has 1 aromatic heterocycles. The molecule has 0 aliphatic rings. The first kappa shape index (κ1) is 23.7. The topological polar surface area (TPSA) is 107 Å². The summed E-state index contributed by atoms with van der Waals surface area (Å²) in [6.07, 6.45) is 1.43. The summed E-state index contributed by atoms with van der Waals surface area (Å²) in [7, 11) is 0. The molecule has 3 aromatic carbocycles. The number of nitrogens with one attached hydrogen (secondary N) is 1. The van der Waals surface area contributed by atoms with E-state index in [0.29, 0.717) is 32.3 Å². The maximum Gasteiger partial charge on any atom is 0.307 e. The van der Waals surface area contributed by atoms with Gasteiger partial charge in [-0.3, -0.25) is 14.9 Å². The highest BCUT2D eigenvalue weighted by Gasteiger charge is 2.15. The van der Waals surface area contributed by atoms with Crippen molar-refractivity contribution in [2.75, 3.05) is 0 Å². The van der Waals surface area contributed by atoms with Crippen molar-refractivity contribution in [3.63, 3.8) is 0 Å². The lowest BCUT2D eigenvalue weighted by molar-refractivity contribution is -0.384. The number of carbonyl (C=O) groups excluding carboxylic acids is 1. The zero-order valence-corrected chi connectivity index (χ0v) is 20.2. The fourth-order valence-corrected chi connectivity index (χ4v) is 3.86. The summed E-state index contributed by atoms with van der Waals surface area (Å²) >= 11 is 15.5. The van der Waals surface area contributed by atoms with Gasteiger partial charge in [0, 0.05) is 43.2 Å². The number of halogens is 3. The average Bonchev–Trinajstić information content (AvgIpc) is 3.23. The average molecular weight is 563 g/mol. The van der Waals surface area contributed by atoms with E-state index < -0.39 is 10.8 Å². The second kappa shape index (κ2) is 10.3. The molecule has 0 spiro atoms. The Labute approximate surface area is 211 Å². The standard InChI is InChI=1S/C23H14BrCl2N3O5/c24-16-2-5-20(33-12-13-1-3-17(25)10-19(13)26)15(7-16)11-27-28-23(30)22-9-14-8-18(29(31)32)4-6-21(14)34-22/h1-11H,12H2,(H,28,30)/b27-11+. The molecule has 4 aromatic rings. The van der Waals surface area contributed by atoms with Crippen LogP contribution in [0.1, 0.15) is 21.7 Å². The van der Waals surface area contributed by atoms with Gasteiger partial charge >= 0.3 is 5.91 Å². The van der Waals surface area contributed by atoms with Crippen molar-refractivity contribution in [2.45, 2.75) is 6.61 Å². The number of hydrogen-bond acceptors (Lipinski definition) is 6. The lowest BCUT2D eigenvalue weighted by Gasteiger charge is -2.11. The number of nitrogens with zero attached hydrogens (tertiary/aromatic N) is 2. The van der Waals surface area contributed by atoms with Crippen LogP contribution in [0.15, 0.2) is 74.7 Å². The molecule has 4 rings (SSSR count). The highest BCUT2D eigenvalue weighted by atomic mass is 79.9. The third kappa shape index (κ3) is 5.56. The van der Waals surface area contributed by atoms with Crippen LogP contribution in [0.3, 0.4) is 0 Å². The van der Waals surface area contributed by atoms with Crippen LogP contribution in [-0.4, -0.2) is 17.0 Å². The van der Waals surface area contributed by atoms with E-state index in [4.69, 9.17) is 32.4 Å². The highest BCUT2D eigenvalue weighted by Crippen LogP contribution is 2.26. The largest absolute Gasteiger partial charge is 0.488 e. The van der Waals surface area contributed by atoms with Crippen LogP contribution in [-0.2, 0) is 6.61 Å². The highest BCUT2D eigenvalue weighted by molar-refractivity contribution is 9.10. The van der Waals surface area contributed by atoms with Gasteiger partial charge in [-0.15, -0.1) is 0 Å². The summed E-state index contributed by atoms with van der Waals surface area (Å²) in [5.41, 5.74) is 3.99. The van der Waals surface area contributed by atoms with Gasteiger partial charge in [0.15, 0.2) is 5.76 Å². The number of hydrogen-bond donors (Lipinski definition) is 1. The third-order valence-corrected chi connectivity index (χ3v) is 5.75. The monoisotopic (exact) mass is 561 g/mol. The van der Waals surface area contributed by atoms with Crippen LogP contribution in [0.4, 0.5) is 5.69 Å². The van der Waals surface area contributed by atoms with E-state index in [1.807, 2.05) is 6.07 Å². The SMILES string of the molecule is O=C(N/N=C/c1cc(Br)ccc1OCc1ccc(Cl)cc1Cl)c1cc2cc([N+](=O)[O-])ccc2o1. The van der Waals surface area contributed by atoms with Gasteiger partial charge in [-0.25, -0.2) is 5.43 Å².